The fourth-order valence-corrected chi connectivity index (χ4v) is 2.08. The summed E-state index contributed by atoms with van der Waals surface area (Å²) in [5.41, 5.74) is 9.29. The molecule has 0 atom stereocenters. The predicted molar refractivity (Wildman–Crippen MR) is 82.1 cm³/mol. The Morgan fingerprint density at radius 3 is 2.55 bits per heavy atom. The summed E-state index contributed by atoms with van der Waals surface area (Å²) < 4.78 is 0. The molecule has 0 saturated carbocycles. The molecule has 0 amide bonds. The molecule has 1 aromatic heterocycles. The van der Waals surface area contributed by atoms with Gasteiger partial charge in [0.1, 0.15) is 0 Å². The molecule has 4 heteroatoms. The number of anilines is 2. The Bertz CT molecular complexity index is 596. The van der Waals surface area contributed by atoms with E-state index in [1.165, 1.54) is 12.5 Å². The van der Waals surface area contributed by atoms with Gasteiger partial charge in [-0.3, -0.25) is 9.78 Å². The zero-order valence-electron chi connectivity index (χ0n) is 11.8. The van der Waals surface area contributed by atoms with Crippen LogP contribution in [0.3, 0.4) is 0 Å². The number of hydrogen-bond acceptors (Lipinski definition) is 4. The van der Waals surface area contributed by atoms with Crippen LogP contribution in [0.15, 0.2) is 42.7 Å². The molecular formula is C16H19N3O. The van der Waals surface area contributed by atoms with Gasteiger partial charge in [-0.1, -0.05) is 0 Å². The van der Waals surface area contributed by atoms with Crippen molar-refractivity contribution in [2.24, 2.45) is 0 Å². The van der Waals surface area contributed by atoms with Crippen molar-refractivity contribution < 1.29 is 4.79 Å². The Labute approximate surface area is 119 Å². The molecule has 0 saturated heterocycles. The summed E-state index contributed by atoms with van der Waals surface area (Å²) in [6, 6.07) is 9.60. The van der Waals surface area contributed by atoms with Gasteiger partial charge in [0.15, 0.2) is 5.78 Å². The van der Waals surface area contributed by atoms with E-state index in [1.54, 1.807) is 18.5 Å². The van der Waals surface area contributed by atoms with Gasteiger partial charge in [0.05, 0.1) is 0 Å². The second-order valence-electron chi connectivity index (χ2n) is 4.85. The summed E-state index contributed by atoms with van der Waals surface area (Å²) in [6.07, 6.45) is 4.54. The molecular weight excluding hydrogens is 250 g/mol. The SMILES string of the molecule is CC(=O)c1ccc(N(C)CCc2ccncc2)cc1N. The number of benzene rings is 1. The van der Waals surface area contributed by atoms with Crippen molar-refractivity contribution >= 4 is 17.2 Å². The van der Waals surface area contributed by atoms with Crippen molar-refractivity contribution in [1.82, 2.24) is 4.98 Å². The molecule has 2 aromatic rings. The second-order valence-corrected chi connectivity index (χ2v) is 4.85. The lowest BCUT2D eigenvalue weighted by Gasteiger charge is -2.20. The average molecular weight is 269 g/mol. The highest BCUT2D eigenvalue weighted by atomic mass is 16.1. The van der Waals surface area contributed by atoms with E-state index in [-0.39, 0.29) is 5.78 Å². The number of carbonyl (C=O) groups excluding carboxylic acids is 1. The summed E-state index contributed by atoms with van der Waals surface area (Å²) in [6.45, 7) is 2.40. The van der Waals surface area contributed by atoms with E-state index in [4.69, 9.17) is 5.73 Å². The van der Waals surface area contributed by atoms with E-state index < -0.39 is 0 Å². The molecule has 0 radical (unpaired) electrons. The molecule has 0 fully saturated rings. The minimum atomic E-state index is -0.00603. The van der Waals surface area contributed by atoms with Crippen molar-refractivity contribution in [3.63, 3.8) is 0 Å². The molecule has 0 spiro atoms. The van der Waals surface area contributed by atoms with E-state index >= 15 is 0 Å². The first-order valence-corrected chi connectivity index (χ1v) is 6.58. The fraction of sp³-hybridized carbons (Fsp3) is 0.250. The Kier molecular flexibility index (Phi) is 4.35. The lowest BCUT2D eigenvalue weighted by atomic mass is 10.1. The van der Waals surface area contributed by atoms with Crippen LogP contribution in [0.1, 0.15) is 22.8 Å². The van der Waals surface area contributed by atoms with Crippen molar-refractivity contribution in [3.8, 4) is 0 Å². The molecule has 0 aliphatic heterocycles. The van der Waals surface area contributed by atoms with E-state index in [0.717, 1.165) is 18.7 Å². The highest BCUT2D eigenvalue weighted by molar-refractivity contribution is 5.99. The van der Waals surface area contributed by atoms with Crippen LogP contribution in [0.5, 0.6) is 0 Å². The summed E-state index contributed by atoms with van der Waals surface area (Å²) >= 11 is 0. The normalized spacial score (nSPS) is 10.3. The monoisotopic (exact) mass is 269 g/mol. The molecule has 0 aliphatic rings. The minimum Gasteiger partial charge on any atom is -0.398 e. The van der Waals surface area contributed by atoms with Crippen LogP contribution >= 0.6 is 0 Å². The van der Waals surface area contributed by atoms with Gasteiger partial charge >= 0.3 is 0 Å². The van der Waals surface area contributed by atoms with Crippen LogP contribution in [-0.2, 0) is 6.42 Å². The molecule has 4 nitrogen and oxygen atoms in total. The third kappa shape index (κ3) is 3.35. The van der Waals surface area contributed by atoms with Gasteiger partial charge < -0.3 is 10.6 Å². The first kappa shape index (κ1) is 14.1. The summed E-state index contributed by atoms with van der Waals surface area (Å²) in [4.78, 5) is 17.5. The van der Waals surface area contributed by atoms with Crippen LogP contribution in [0.2, 0.25) is 0 Å². The summed E-state index contributed by atoms with van der Waals surface area (Å²) in [5.74, 6) is -0.00603. The maximum atomic E-state index is 11.4. The molecule has 0 aliphatic carbocycles. The number of nitrogens with zero attached hydrogens (tertiary/aromatic N) is 2. The van der Waals surface area contributed by atoms with E-state index in [1.807, 2.05) is 31.3 Å². The quantitative estimate of drug-likeness (QED) is 0.669. The third-order valence-corrected chi connectivity index (χ3v) is 3.34. The Morgan fingerprint density at radius 1 is 1.25 bits per heavy atom. The second kappa shape index (κ2) is 6.19. The lowest BCUT2D eigenvalue weighted by molar-refractivity contribution is 0.101. The zero-order chi connectivity index (χ0) is 14.5. The fourth-order valence-electron chi connectivity index (χ4n) is 2.08. The van der Waals surface area contributed by atoms with Crippen molar-refractivity contribution in [3.05, 3.63) is 53.9 Å². The number of ketones is 1. The molecule has 1 heterocycles. The van der Waals surface area contributed by atoms with Gasteiger partial charge in [-0.25, -0.2) is 0 Å². The molecule has 0 bridgehead atoms. The minimum absolute atomic E-state index is 0.00603. The lowest BCUT2D eigenvalue weighted by Crippen LogP contribution is -2.20. The van der Waals surface area contributed by atoms with Gasteiger partial charge in [0.2, 0.25) is 0 Å². The summed E-state index contributed by atoms with van der Waals surface area (Å²) in [5, 5.41) is 0. The number of nitrogen functional groups attached to an aromatic ring is 1. The molecule has 20 heavy (non-hydrogen) atoms. The van der Waals surface area contributed by atoms with E-state index in [0.29, 0.717) is 11.3 Å². The first-order valence-electron chi connectivity index (χ1n) is 6.58. The molecule has 2 N–H and O–H groups in total. The number of Topliss-reactive ketones (excluding diaryl/α,β-unsaturated/α-hetero) is 1. The smallest absolute Gasteiger partial charge is 0.161 e. The van der Waals surface area contributed by atoms with Crippen molar-refractivity contribution in [2.45, 2.75) is 13.3 Å². The average Bonchev–Trinajstić information content (AvgIpc) is 2.45. The Hall–Kier alpha value is -2.36. The zero-order valence-corrected chi connectivity index (χ0v) is 11.8. The van der Waals surface area contributed by atoms with Gasteiger partial charge in [0, 0.05) is 42.9 Å². The van der Waals surface area contributed by atoms with Crippen LogP contribution in [0.4, 0.5) is 11.4 Å². The number of hydrogen-bond donors (Lipinski definition) is 1. The molecule has 2 rings (SSSR count). The van der Waals surface area contributed by atoms with Crippen molar-refractivity contribution in [1.29, 1.82) is 0 Å². The van der Waals surface area contributed by atoms with Crippen LogP contribution in [0, 0.1) is 0 Å². The number of aromatic nitrogens is 1. The number of likely N-dealkylation sites (N-methyl/N-ethyl adjacent to an activating group) is 1. The third-order valence-electron chi connectivity index (χ3n) is 3.34. The van der Waals surface area contributed by atoms with Gasteiger partial charge in [-0.05, 0) is 49.2 Å². The maximum Gasteiger partial charge on any atom is 0.161 e. The number of rotatable bonds is 5. The number of carbonyl (C=O) groups is 1. The molecule has 1 aromatic carbocycles. The van der Waals surface area contributed by atoms with Gasteiger partial charge in [-0.2, -0.15) is 0 Å². The van der Waals surface area contributed by atoms with Crippen LogP contribution in [-0.4, -0.2) is 24.4 Å². The molecule has 0 unspecified atom stereocenters. The number of pyridine rings is 1. The largest absolute Gasteiger partial charge is 0.398 e. The predicted octanol–water partition coefficient (Wildman–Crippen LogP) is 2.55. The van der Waals surface area contributed by atoms with Gasteiger partial charge in [-0.15, -0.1) is 0 Å². The Morgan fingerprint density at radius 2 is 1.95 bits per heavy atom. The number of nitrogens with two attached hydrogens (primary N) is 1. The first-order chi connectivity index (χ1) is 9.58. The highest BCUT2D eigenvalue weighted by Gasteiger charge is 2.08. The topological polar surface area (TPSA) is 59.2 Å². The van der Waals surface area contributed by atoms with E-state index in [9.17, 15) is 4.79 Å². The molecule has 104 valence electrons. The Balaban J connectivity index is 2.04. The van der Waals surface area contributed by atoms with Crippen LogP contribution in [0.25, 0.3) is 0 Å². The standard InChI is InChI=1S/C16H19N3O/c1-12(20)15-4-3-14(11-16(15)17)19(2)10-7-13-5-8-18-9-6-13/h3-6,8-9,11H,7,10,17H2,1-2H3. The van der Waals surface area contributed by atoms with Gasteiger partial charge in [0.25, 0.3) is 0 Å². The highest BCUT2D eigenvalue weighted by Crippen LogP contribution is 2.21. The van der Waals surface area contributed by atoms with Crippen molar-refractivity contribution in [2.75, 3.05) is 24.2 Å². The van der Waals surface area contributed by atoms with E-state index in [2.05, 4.69) is 9.88 Å². The summed E-state index contributed by atoms with van der Waals surface area (Å²) in [7, 11) is 2.02. The van der Waals surface area contributed by atoms with Crippen LogP contribution < -0.4 is 10.6 Å². The maximum absolute atomic E-state index is 11.4.